The van der Waals surface area contributed by atoms with Crippen molar-refractivity contribution in [3.05, 3.63) is 59.2 Å². The lowest BCUT2D eigenvalue weighted by Crippen LogP contribution is -2.20. The van der Waals surface area contributed by atoms with Crippen molar-refractivity contribution in [1.82, 2.24) is 0 Å². The summed E-state index contributed by atoms with van der Waals surface area (Å²) >= 11 is 6.68. The number of fused-ring (bicyclic) bond motifs is 2. The quantitative estimate of drug-likeness (QED) is 0.770. The molecule has 0 radical (unpaired) electrons. The molecule has 0 aliphatic carbocycles. The van der Waals surface area contributed by atoms with Crippen molar-refractivity contribution < 1.29 is 9.47 Å². The summed E-state index contributed by atoms with van der Waals surface area (Å²) in [5.74, 6) is 1.97. The molecule has 0 bridgehead atoms. The minimum atomic E-state index is -0.135. The largest absolute Gasteiger partial charge is 0.493 e. The van der Waals surface area contributed by atoms with Crippen LogP contribution in [-0.2, 0) is 12.8 Å². The van der Waals surface area contributed by atoms with Crippen LogP contribution in [0.4, 0.5) is 0 Å². The van der Waals surface area contributed by atoms with E-state index in [0.29, 0.717) is 0 Å². The van der Waals surface area contributed by atoms with Gasteiger partial charge in [-0.15, -0.1) is 11.6 Å². The molecular formula is C18H17ClO2. The summed E-state index contributed by atoms with van der Waals surface area (Å²) in [4.78, 5) is 0. The molecule has 2 unspecified atom stereocenters. The van der Waals surface area contributed by atoms with Gasteiger partial charge in [0.05, 0.1) is 12.0 Å². The third-order valence-electron chi connectivity index (χ3n) is 4.25. The van der Waals surface area contributed by atoms with Crippen molar-refractivity contribution in [3.63, 3.8) is 0 Å². The summed E-state index contributed by atoms with van der Waals surface area (Å²) in [7, 11) is 0. The number of ether oxygens (including phenoxy) is 2. The molecule has 0 amide bonds. The number of aryl methyl sites for hydroxylation is 1. The zero-order chi connectivity index (χ0) is 14.2. The lowest BCUT2D eigenvalue weighted by atomic mass is 9.98. The smallest absolute Gasteiger partial charge is 0.123 e. The van der Waals surface area contributed by atoms with Crippen LogP contribution in [0.1, 0.15) is 28.5 Å². The van der Waals surface area contributed by atoms with Crippen molar-refractivity contribution in [2.45, 2.75) is 30.7 Å². The first-order chi connectivity index (χ1) is 10.3. The number of halogens is 1. The van der Waals surface area contributed by atoms with E-state index < -0.39 is 0 Å². The van der Waals surface area contributed by atoms with Gasteiger partial charge in [0, 0.05) is 6.42 Å². The summed E-state index contributed by atoms with van der Waals surface area (Å²) in [6.45, 7) is 0.817. The van der Waals surface area contributed by atoms with Crippen LogP contribution in [0.2, 0.25) is 0 Å². The van der Waals surface area contributed by atoms with E-state index in [1.54, 1.807) is 0 Å². The number of benzene rings is 2. The van der Waals surface area contributed by atoms with E-state index in [-0.39, 0.29) is 11.5 Å². The molecular weight excluding hydrogens is 284 g/mol. The maximum atomic E-state index is 6.68. The van der Waals surface area contributed by atoms with Gasteiger partial charge in [-0.05, 0) is 41.7 Å². The standard InChI is InChI=1S/C18H17ClO2/c19-18(17-11-13-4-1-2-6-16(13)21-17)14-7-8-15-12(10-14)5-3-9-20-15/h1-2,4,6-8,10,17-18H,3,5,9,11H2. The van der Waals surface area contributed by atoms with E-state index >= 15 is 0 Å². The number of hydrogen-bond acceptors (Lipinski definition) is 2. The van der Waals surface area contributed by atoms with Gasteiger partial charge in [-0.3, -0.25) is 0 Å². The second-order valence-electron chi connectivity index (χ2n) is 5.69. The maximum Gasteiger partial charge on any atom is 0.123 e. The highest BCUT2D eigenvalue weighted by Gasteiger charge is 2.30. The zero-order valence-corrected chi connectivity index (χ0v) is 12.5. The molecule has 2 atom stereocenters. The second-order valence-corrected chi connectivity index (χ2v) is 6.16. The van der Waals surface area contributed by atoms with Gasteiger partial charge in [0.2, 0.25) is 0 Å². The fourth-order valence-corrected chi connectivity index (χ4v) is 3.41. The van der Waals surface area contributed by atoms with Crippen molar-refractivity contribution >= 4 is 11.6 Å². The van der Waals surface area contributed by atoms with E-state index in [9.17, 15) is 0 Å². The minimum absolute atomic E-state index is 0.00613. The molecule has 0 saturated carbocycles. The zero-order valence-electron chi connectivity index (χ0n) is 11.7. The van der Waals surface area contributed by atoms with Crippen LogP contribution in [0.15, 0.2) is 42.5 Å². The van der Waals surface area contributed by atoms with Crippen LogP contribution in [0.25, 0.3) is 0 Å². The van der Waals surface area contributed by atoms with Gasteiger partial charge in [-0.25, -0.2) is 0 Å². The Labute approximate surface area is 129 Å². The average Bonchev–Trinajstić information content (AvgIpc) is 2.97. The Hall–Kier alpha value is -1.67. The van der Waals surface area contributed by atoms with Gasteiger partial charge in [0.1, 0.15) is 17.6 Å². The Morgan fingerprint density at radius 2 is 1.95 bits per heavy atom. The summed E-state index contributed by atoms with van der Waals surface area (Å²) in [6, 6.07) is 14.5. The van der Waals surface area contributed by atoms with E-state index in [4.69, 9.17) is 21.1 Å². The van der Waals surface area contributed by atoms with Crippen molar-refractivity contribution in [1.29, 1.82) is 0 Å². The number of rotatable bonds is 2. The molecule has 0 fully saturated rings. The molecule has 21 heavy (non-hydrogen) atoms. The third kappa shape index (κ3) is 2.38. The highest BCUT2D eigenvalue weighted by molar-refractivity contribution is 6.21. The lowest BCUT2D eigenvalue weighted by Gasteiger charge is -2.21. The summed E-state index contributed by atoms with van der Waals surface area (Å²) in [5, 5.41) is -0.135. The fourth-order valence-electron chi connectivity index (χ4n) is 3.14. The molecule has 4 rings (SSSR count). The van der Waals surface area contributed by atoms with Crippen LogP contribution in [0.5, 0.6) is 11.5 Å². The Morgan fingerprint density at radius 1 is 1.05 bits per heavy atom. The first-order valence-electron chi connectivity index (χ1n) is 7.45. The van der Waals surface area contributed by atoms with E-state index in [1.807, 2.05) is 24.3 Å². The van der Waals surface area contributed by atoms with Crippen LogP contribution in [0, 0.1) is 0 Å². The highest BCUT2D eigenvalue weighted by atomic mass is 35.5. The van der Waals surface area contributed by atoms with Gasteiger partial charge in [-0.1, -0.05) is 30.3 Å². The van der Waals surface area contributed by atoms with Gasteiger partial charge < -0.3 is 9.47 Å². The molecule has 2 aromatic carbocycles. The SMILES string of the molecule is ClC(c1ccc2c(c1)CCCO2)C1Cc2ccccc2O1. The lowest BCUT2D eigenvalue weighted by molar-refractivity contribution is 0.227. The topological polar surface area (TPSA) is 18.5 Å². The van der Waals surface area contributed by atoms with Crippen molar-refractivity contribution in [2.75, 3.05) is 6.61 Å². The number of alkyl halides is 1. The van der Waals surface area contributed by atoms with Crippen molar-refractivity contribution in [2.24, 2.45) is 0 Å². The Bertz CT molecular complexity index is 643. The number of para-hydroxylation sites is 1. The predicted molar refractivity (Wildman–Crippen MR) is 83.4 cm³/mol. The predicted octanol–water partition coefficient (Wildman–Crippen LogP) is 4.30. The molecule has 0 aromatic heterocycles. The summed E-state index contributed by atoms with van der Waals surface area (Å²) in [6.07, 6.45) is 3.03. The van der Waals surface area contributed by atoms with Gasteiger partial charge >= 0.3 is 0 Å². The molecule has 3 heteroatoms. The third-order valence-corrected chi connectivity index (χ3v) is 4.78. The Kier molecular flexibility index (Phi) is 3.27. The summed E-state index contributed by atoms with van der Waals surface area (Å²) < 4.78 is 11.7. The van der Waals surface area contributed by atoms with E-state index in [2.05, 4.69) is 18.2 Å². The second kappa shape index (κ2) is 5.27. The number of hydrogen-bond donors (Lipinski definition) is 0. The van der Waals surface area contributed by atoms with E-state index in [0.717, 1.165) is 42.9 Å². The first kappa shape index (κ1) is 13.0. The Balaban J connectivity index is 1.57. The maximum absolute atomic E-state index is 6.68. The monoisotopic (exact) mass is 300 g/mol. The summed E-state index contributed by atoms with van der Waals surface area (Å²) in [5.41, 5.74) is 3.63. The van der Waals surface area contributed by atoms with Crippen molar-refractivity contribution in [3.8, 4) is 11.5 Å². The van der Waals surface area contributed by atoms with Crippen LogP contribution < -0.4 is 9.47 Å². The van der Waals surface area contributed by atoms with Gasteiger partial charge in [0.15, 0.2) is 0 Å². The molecule has 2 aromatic rings. The molecule has 2 heterocycles. The minimum Gasteiger partial charge on any atom is -0.493 e. The van der Waals surface area contributed by atoms with Gasteiger partial charge in [0.25, 0.3) is 0 Å². The van der Waals surface area contributed by atoms with Crippen LogP contribution in [-0.4, -0.2) is 12.7 Å². The molecule has 0 N–H and O–H groups in total. The van der Waals surface area contributed by atoms with Crippen LogP contribution >= 0.6 is 11.6 Å². The molecule has 0 spiro atoms. The molecule has 0 saturated heterocycles. The molecule has 2 aliphatic rings. The molecule has 108 valence electrons. The average molecular weight is 301 g/mol. The van der Waals surface area contributed by atoms with E-state index in [1.165, 1.54) is 11.1 Å². The van der Waals surface area contributed by atoms with Crippen LogP contribution in [0.3, 0.4) is 0 Å². The normalized spacial score (nSPS) is 20.9. The Morgan fingerprint density at radius 3 is 2.86 bits per heavy atom. The fraction of sp³-hybridized carbons (Fsp3) is 0.333. The molecule has 2 nitrogen and oxygen atoms in total. The highest BCUT2D eigenvalue weighted by Crippen LogP contribution is 2.38. The molecule has 2 aliphatic heterocycles. The van der Waals surface area contributed by atoms with Gasteiger partial charge in [-0.2, -0.15) is 0 Å². The first-order valence-corrected chi connectivity index (χ1v) is 7.89.